The average Bonchev–Trinajstić information content (AvgIpc) is 2.55. The lowest BCUT2D eigenvalue weighted by Gasteiger charge is -2.36. The van der Waals surface area contributed by atoms with Gasteiger partial charge in [0.25, 0.3) is 5.91 Å². The highest BCUT2D eigenvalue weighted by Gasteiger charge is 2.29. The van der Waals surface area contributed by atoms with Crippen molar-refractivity contribution >= 4 is 15.9 Å². The van der Waals surface area contributed by atoms with Gasteiger partial charge in [0.2, 0.25) is 10.0 Å². The third-order valence-electron chi connectivity index (χ3n) is 4.37. The van der Waals surface area contributed by atoms with Crippen molar-refractivity contribution in [1.82, 2.24) is 9.21 Å². The summed E-state index contributed by atoms with van der Waals surface area (Å²) >= 11 is 0. The summed E-state index contributed by atoms with van der Waals surface area (Å²) in [5.74, 6) is -0.0983. The van der Waals surface area contributed by atoms with Crippen LogP contribution in [-0.2, 0) is 14.8 Å². The van der Waals surface area contributed by atoms with Gasteiger partial charge < -0.3 is 9.64 Å². The number of benzene rings is 1. The molecule has 1 aliphatic rings. The number of ether oxygens (including phenoxy) is 1. The smallest absolute Gasteiger partial charge is 0.254 e. The van der Waals surface area contributed by atoms with Gasteiger partial charge in [0, 0.05) is 25.2 Å². The van der Waals surface area contributed by atoms with E-state index < -0.39 is 10.0 Å². The zero-order valence-corrected chi connectivity index (χ0v) is 15.7. The van der Waals surface area contributed by atoms with E-state index in [1.165, 1.54) is 16.4 Å². The number of carbonyl (C=O) groups is 1. The number of sulfonamides is 1. The first kappa shape index (κ1) is 18.9. The zero-order valence-electron chi connectivity index (χ0n) is 14.9. The molecular weight excluding hydrogens is 328 g/mol. The molecule has 1 heterocycles. The molecule has 0 bridgehead atoms. The molecule has 1 aliphatic heterocycles. The summed E-state index contributed by atoms with van der Waals surface area (Å²) in [5, 5.41) is 0. The van der Waals surface area contributed by atoms with Gasteiger partial charge in [-0.15, -0.1) is 0 Å². The maximum Gasteiger partial charge on any atom is 0.254 e. The summed E-state index contributed by atoms with van der Waals surface area (Å²) < 4.78 is 31.8. The predicted molar refractivity (Wildman–Crippen MR) is 92.4 cm³/mol. The predicted octanol–water partition coefficient (Wildman–Crippen LogP) is 1.96. The van der Waals surface area contributed by atoms with E-state index in [4.69, 9.17) is 4.74 Å². The number of hydrogen-bond donors (Lipinski definition) is 0. The summed E-state index contributed by atoms with van der Waals surface area (Å²) in [6.07, 6.45) is 0.00416. The molecule has 1 aromatic rings. The Labute approximate surface area is 144 Å². The van der Waals surface area contributed by atoms with Crippen LogP contribution in [0.1, 0.15) is 38.1 Å². The van der Waals surface area contributed by atoms with Crippen molar-refractivity contribution in [3.05, 3.63) is 29.8 Å². The molecule has 1 saturated heterocycles. The third kappa shape index (κ3) is 3.79. The minimum atomic E-state index is -3.54. The van der Waals surface area contributed by atoms with Crippen LogP contribution in [0.4, 0.5) is 0 Å². The second-order valence-corrected chi connectivity index (χ2v) is 8.59. The number of morpholine rings is 1. The Morgan fingerprint density at radius 3 is 2.38 bits per heavy atom. The number of carbonyl (C=O) groups excluding carboxylic acids is 1. The van der Waals surface area contributed by atoms with Gasteiger partial charge in [-0.1, -0.05) is 0 Å². The van der Waals surface area contributed by atoms with E-state index in [0.717, 1.165) is 0 Å². The molecule has 134 valence electrons. The Balaban J connectivity index is 2.21. The molecule has 2 rings (SSSR count). The Morgan fingerprint density at radius 1 is 1.25 bits per heavy atom. The van der Waals surface area contributed by atoms with Crippen LogP contribution in [0.5, 0.6) is 0 Å². The zero-order chi connectivity index (χ0) is 18.1. The van der Waals surface area contributed by atoms with Crippen molar-refractivity contribution in [3.8, 4) is 0 Å². The van der Waals surface area contributed by atoms with Crippen LogP contribution in [-0.4, -0.2) is 61.9 Å². The molecule has 1 amide bonds. The lowest BCUT2D eigenvalue weighted by atomic mass is 10.1. The van der Waals surface area contributed by atoms with E-state index in [1.54, 1.807) is 24.1 Å². The first-order valence-electron chi connectivity index (χ1n) is 8.15. The van der Waals surface area contributed by atoms with Gasteiger partial charge in [-0.2, -0.15) is 4.31 Å². The summed E-state index contributed by atoms with van der Waals surface area (Å²) in [5.41, 5.74) is 0.488. The van der Waals surface area contributed by atoms with Crippen LogP contribution < -0.4 is 0 Å². The first-order valence-corrected chi connectivity index (χ1v) is 9.59. The lowest BCUT2D eigenvalue weighted by molar-refractivity contribution is -0.0387. The van der Waals surface area contributed by atoms with Crippen molar-refractivity contribution < 1.29 is 17.9 Å². The van der Waals surface area contributed by atoms with Gasteiger partial charge in [-0.3, -0.25) is 4.79 Å². The molecule has 6 nitrogen and oxygen atoms in total. The highest BCUT2D eigenvalue weighted by Crippen LogP contribution is 2.20. The Bertz CT molecular complexity index is 685. The SMILES string of the molecule is CC1CN(C(=O)c2ccc(S(=O)(=O)N(C)C(C)C)cc2)C(C)CO1. The van der Waals surface area contributed by atoms with E-state index in [-0.39, 0.29) is 29.0 Å². The van der Waals surface area contributed by atoms with Crippen molar-refractivity contribution in [1.29, 1.82) is 0 Å². The largest absolute Gasteiger partial charge is 0.375 e. The van der Waals surface area contributed by atoms with Crippen molar-refractivity contribution in [2.75, 3.05) is 20.2 Å². The van der Waals surface area contributed by atoms with E-state index >= 15 is 0 Å². The normalized spacial score (nSPS) is 22.2. The van der Waals surface area contributed by atoms with E-state index in [1.807, 2.05) is 27.7 Å². The first-order chi connectivity index (χ1) is 11.1. The van der Waals surface area contributed by atoms with Crippen LogP contribution in [0.15, 0.2) is 29.2 Å². The quantitative estimate of drug-likeness (QED) is 0.829. The van der Waals surface area contributed by atoms with Gasteiger partial charge in [0.15, 0.2) is 0 Å². The molecule has 0 aromatic heterocycles. The summed E-state index contributed by atoms with van der Waals surface area (Å²) in [6, 6.07) is 6.02. The molecule has 2 unspecified atom stereocenters. The standard InChI is InChI=1S/C17H26N2O4S/c1-12(2)18(5)24(21,22)16-8-6-15(7-9-16)17(20)19-10-14(4)23-11-13(19)3/h6-9,12-14H,10-11H2,1-5H3. The topological polar surface area (TPSA) is 66.9 Å². The Morgan fingerprint density at radius 2 is 1.83 bits per heavy atom. The molecule has 0 N–H and O–H groups in total. The minimum absolute atomic E-state index is 0.00387. The molecule has 1 fully saturated rings. The molecule has 0 aliphatic carbocycles. The molecule has 0 radical (unpaired) electrons. The lowest BCUT2D eigenvalue weighted by Crippen LogP contribution is -2.50. The van der Waals surface area contributed by atoms with Crippen molar-refractivity contribution in [2.24, 2.45) is 0 Å². The van der Waals surface area contributed by atoms with E-state index in [9.17, 15) is 13.2 Å². The fourth-order valence-corrected chi connectivity index (χ4v) is 3.93. The highest BCUT2D eigenvalue weighted by atomic mass is 32.2. The second-order valence-electron chi connectivity index (χ2n) is 6.59. The highest BCUT2D eigenvalue weighted by molar-refractivity contribution is 7.89. The molecule has 0 saturated carbocycles. The van der Waals surface area contributed by atoms with Crippen LogP contribution >= 0.6 is 0 Å². The average molecular weight is 354 g/mol. The molecular formula is C17H26N2O4S. The number of amides is 1. The van der Waals surface area contributed by atoms with Crippen LogP contribution in [0.2, 0.25) is 0 Å². The van der Waals surface area contributed by atoms with Crippen LogP contribution in [0.3, 0.4) is 0 Å². The van der Waals surface area contributed by atoms with Gasteiger partial charge in [-0.05, 0) is 52.0 Å². The van der Waals surface area contributed by atoms with E-state index in [2.05, 4.69) is 0 Å². The van der Waals surface area contributed by atoms with Gasteiger partial charge in [0.1, 0.15) is 0 Å². The summed E-state index contributed by atoms with van der Waals surface area (Å²) in [4.78, 5) is 14.6. The Kier molecular flexibility index (Phi) is 5.67. The molecule has 24 heavy (non-hydrogen) atoms. The van der Waals surface area contributed by atoms with Gasteiger partial charge in [0.05, 0.1) is 23.6 Å². The number of hydrogen-bond acceptors (Lipinski definition) is 4. The van der Waals surface area contributed by atoms with Gasteiger partial charge >= 0.3 is 0 Å². The van der Waals surface area contributed by atoms with E-state index in [0.29, 0.717) is 18.7 Å². The maximum absolute atomic E-state index is 12.7. The fraction of sp³-hybridized carbons (Fsp3) is 0.588. The third-order valence-corrected chi connectivity index (χ3v) is 6.42. The number of nitrogens with zero attached hydrogens (tertiary/aromatic N) is 2. The van der Waals surface area contributed by atoms with Crippen LogP contribution in [0, 0.1) is 0 Å². The Hall–Kier alpha value is -1.44. The minimum Gasteiger partial charge on any atom is -0.375 e. The molecule has 1 aromatic carbocycles. The fourth-order valence-electron chi connectivity index (χ4n) is 2.57. The van der Waals surface area contributed by atoms with Crippen LogP contribution in [0.25, 0.3) is 0 Å². The van der Waals surface area contributed by atoms with Crippen molar-refractivity contribution in [3.63, 3.8) is 0 Å². The molecule has 2 atom stereocenters. The summed E-state index contributed by atoms with van der Waals surface area (Å²) in [7, 11) is -1.99. The molecule has 0 spiro atoms. The second kappa shape index (κ2) is 7.21. The number of rotatable bonds is 4. The molecule has 7 heteroatoms. The summed E-state index contributed by atoms with van der Waals surface area (Å²) in [6.45, 7) is 8.56. The maximum atomic E-state index is 12.7. The van der Waals surface area contributed by atoms with Crippen molar-refractivity contribution in [2.45, 2.75) is 50.8 Å². The van der Waals surface area contributed by atoms with Gasteiger partial charge in [-0.25, -0.2) is 8.42 Å². The monoisotopic (exact) mass is 354 g/mol.